The maximum Gasteiger partial charge on any atom is 0.240 e. The second kappa shape index (κ2) is 9.92. The van der Waals surface area contributed by atoms with Gasteiger partial charge >= 0.3 is 0 Å². The lowest BCUT2D eigenvalue weighted by Gasteiger charge is -2.29. The first-order valence-electron chi connectivity index (χ1n) is 9.57. The van der Waals surface area contributed by atoms with Gasteiger partial charge in [-0.15, -0.1) is 0 Å². The smallest absolute Gasteiger partial charge is 0.240 e. The summed E-state index contributed by atoms with van der Waals surface area (Å²) in [6, 6.07) is 11.9. The van der Waals surface area contributed by atoms with E-state index in [4.69, 9.17) is 4.74 Å². The van der Waals surface area contributed by atoms with Crippen molar-refractivity contribution in [3.05, 3.63) is 65.5 Å². The second-order valence-corrected chi connectivity index (χ2v) is 8.63. The largest absolute Gasteiger partial charge is 0.378 e. The van der Waals surface area contributed by atoms with Crippen LogP contribution in [0.15, 0.2) is 53.4 Å². The summed E-state index contributed by atoms with van der Waals surface area (Å²) < 4.78 is 46.6. The number of morpholine rings is 1. The van der Waals surface area contributed by atoms with Gasteiger partial charge in [0.15, 0.2) is 0 Å². The number of nitrogens with one attached hydrogen (secondary N) is 1. The molecule has 0 aliphatic carbocycles. The van der Waals surface area contributed by atoms with Crippen LogP contribution in [0.3, 0.4) is 0 Å². The van der Waals surface area contributed by atoms with Crippen LogP contribution in [0.25, 0.3) is 0 Å². The van der Waals surface area contributed by atoms with Crippen LogP contribution in [0.4, 0.5) is 4.39 Å². The van der Waals surface area contributed by atoms with Crippen molar-refractivity contribution >= 4 is 22.2 Å². The molecule has 1 N–H and O–H groups in total. The van der Waals surface area contributed by atoms with Crippen molar-refractivity contribution < 1.29 is 27.1 Å². The number of benzene rings is 2. The molecule has 7 nitrogen and oxygen atoms in total. The van der Waals surface area contributed by atoms with Crippen LogP contribution in [0.5, 0.6) is 0 Å². The van der Waals surface area contributed by atoms with E-state index in [1.54, 1.807) is 24.3 Å². The van der Waals surface area contributed by atoms with Gasteiger partial charge in [0.25, 0.3) is 0 Å². The summed E-state index contributed by atoms with van der Waals surface area (Å²) >= 11 is 0. The molecule has 2 aromatic carbocycles. The lowest BCUT2D eigenvalue weighted by Crippen LogP contribution is -2.43. The van der Waals surface area contributed by atoms with Crippen LogP contribution in [-0.2, 0) is 30.8 Å². The highest BCUT2D eigenvalue weighted by Gasteiger charge is 2.28. The van der Waals surface area contributed by atoms with Gasteiger partial charge < -0.3 is 14.4 Å². The lowest BCUT2D eigenvalue weighted by molar-refractivity contribution is -0.138. The molecule has 160 valence electrons. The fraction of sp³-hybridized carbons (Fsp3) is 0.333. The first kappa shape index (κ1) is 22.1. The van der Waals surface area contributed by atoms with Crippen molar-refractivity contribution in [1.82, 2.24) is 9.62 Å². The fourth-order valence-electron chi connectivity index (χ4n) is 3.24. The van der Waals surface area contributed by atoms with Crippen LogP contribution < -0.4 is 4.72 Å². The Balaban J connectivity index is 1.71. The van der Waals surface area contributed by atoms with Crippen molar-refractivity contribution in [2.45, 2.75) is 17.2 Å². The summed E-state index contributed by atoms with van der Waals surface area (Å²) in [6.45, 7) is 1.59. The van der Waals surface area contributed by atoms with Crippen molar-refractivity contribution in [1.29, 1.82) is 0 Å². The molecule has 30 heavy (non-hydrogen) atoms. The van der Waals surface area contributed by atoms with Gasteiger partial charge in [-0.05, 0) is 35.7 Å². The van der Waals surface area contributed by atoms with Gasteiger partial charge in [0.2, 0.25) is 15.9 Å². The highest BCUT2D eigenvalue weighted by Crippen LogP contribution is 2.21. The maximum absolute atomic E-state index is 13.7. The van der Waals surface area contributed by atoms with E-state index in [9.17, 15) is 22.4 Å². The average Bonchev–Trinajstić information content (AvgIpc) is 2.76. The van der Waals surface area contributed by atoms with Gasteiger partial charge in [-0.2, -0.15) is 0 Å². The van der Waals surface area contributed by atoms with Crippen molar-refractivity contribution in [3.63, 3.8) is 0 Å². The number of rotatable bonds is 8. The van der Waals surface area contributed by atoms with Gasteiger partial charge in [0.1, 0.15) is 18.0 Å². The molecule has 0 aromatic heterocycles. The molecule has 1 fully saturated rings. The van der Waals surface area contributed by atoms with E-state index in [0.717, 1.165) is 0 Å². The van der Waals surface area contributed by atoms with E-state index in [1.165, 1.54) is 29.2 Å². The molecule has 3 rings (SSSR count). The molecule has 1 amide bonds. The molecule has 2 aromatic rings. The zero-order chi connectivity index (χ0) is 21.6. The Morgan fingerprint density at radius 2 is 1.90 bits per heavy atom. The molecule has 0 bridgehead atoms. The van der Waals surface area contributed by atoms with Crippen LogP contribution in [0.1, 0.15) is 17.0 Å². The number of nitrogens with zero attached hydrogens (tertiary/aromatic N) is 1. The summed E-state index contributed by atoms with van der Waals surface area (Å²) in [5.74, 6) is -1.86. The molecule has 1 atom stereocenters. The van der Waals surface area contributed by atoms with Crippen molar-refractivity contribution in [3.8, 4) is 0 Å². The van der Waals surface area contributed by atoms with Crippen LogP contribution >= 0.6 is 0 Å². The first-order valence-corrected chi connectivity index (χ1v) is 11.1. The molecule has 0 saturated carbocycles. The Hall–Kier alpha value is -2.62. The van der Waals surface area contributed by atoms with Crippen LogP contribution in [0.2, 0.25) is 0 Å². The number of sulfonamides is 1. The van der Waals surface area contributed by atoms with Gasteiger partial charge in [-0.3, -0.25) is 4.79 Å². The second-order valence-electron chi connectivity index (χ2n) is 6.86. The Morgan fingerprint density at radius 1 is 1.17 bits per heavy atom. The molecular weight excluding hydrogens is 411 g/mol. The predicted octanol–water partition coefficient (Wildman–Crippen LogP) is 1.49. The van der Waals surface area contributed by atoms with Gasteiger partial charge in [0.05, 0.1) is 18.1 Å². The number of carbonyl (C=O) groups excluding carboxylic acids is 2. The molecule has 1 heterocycles. The zero-order valence-corrected chi connectivity index (χ0v) is 17.1. The van der Waals surface area contributed by atoms with E-state index in [1.807, 2.05) is 0 Å². The number of amides is 1. The minimum atomic E-state index is -3.89. The third-order valence-corrected chi connectivity index (χ3v) is 6.36. The van der Waals surface area contributed by atoms with E-state index >= 15 is 0 Å². The molecule has 1 saturated heterocycles. The van der Waals surface area contributed by atoms with E-state index in [2.05, 4.69) is 4.72 Å². The van der Waals surface area contributed by atoms with Gasteiger partial charge in [0, 0.05) is 19.6 Å². The lowest BCUT2D eigenvalue weighted by atomic mass is 9.99. The maximum atomic E-state index is 13.7. The Bertz CT molecular complexity index is 1010. The molecule has 1 aliphatic heterocycles. The number of hydrogen-bond donors (Lipinski definition) is 1. The van der Waals surface area contributed by atoms with E-state index in [-0.39, 0.29) is 23.8 Å². The molecule has 0 radical (unpaired) electrons. The summed E-state index contributed by atoms with van der Waals surface area (Å²) in [7, 11) is -3.89. The standard InChI is InChI=1S/C21H23FN2O5S/c22-20-7-2-1-4-16(20)8-9-23-30(27,28)18-6-3-5-17(14-18)19(15-25)21(26)24-10-12-29-13-11-24/h1-7,14-15,19,23H,8-13H2. The Morgan fingerprint density at radius 3 is 2.60 bits per heavy atom. The van der Waals surface area contributed by atoms with Crippen LogP contribution in [0, 0.1) is 5.82 Å². The summed E-state index contributed by atoms with van der Waals surface area (Å²) in [5, 5.41) is 0. The minimum absolute atomic E-state index is 0.0112. The molecule has 1 aliphatic rings. The Kier molecular flexibility index (Phi) is 7.30. The highest BCUT2D eigenvalue weighted by atomic mass is 32.2. The third kappa shape index (κ3) is 5.29. The van der Waals surface area contributed by atoms with Gasteiger partial charge in [-0.1, -0.05) is 30.3 Å². The number of ether oxygens (including phenoxy) is 1. The monoisotopic (exact) mass is 434 g/mol. The van der Waals surface area contributed by atoms with Gasteiger partial charge in [-0.25, -0.2) is 17.5 Å². The fourth-order valence-corrected chi connectivity index (χ4v) is 4.33. The zero-order valence-electron chi connectivity index (χ0n) is 16.3. The molecule has 0 spiro atoms. The Labute approximate surface area is 174 Å². The molecule has 1 unspecified atom stereocenters. The van der Waals surface area contributed by atoms with Crippen molar-refractivity contribution in [2.75, 3.05) is 32.8 Å². The number of carbonyl (C=O) groups is 2. The summed E-state index contributed by atoms with van der Waals surface area (Å²) in [5.41, 5.74) is 0.713. The SMILES string of the molecule is O=CC(C(=O)N1CCOCC1)c1cccc(S(=O)(=O)NCCc2ccccc2F)c1. The average molecular weight is 434 g/mol. The number of halogens is 1. The van der Waals surface area contributed by atoms with Crippen LogP contribution in [-0.4, -0.2) is 58.4 Å². The summed E-state index contributed by atoms with van der Waals surface area (Å²) in [6.07, 6.45) is 0.715. The van der Waals surface area contributed by atoms with E-state index in [0.29, 0.717) is 43.7 Å². The summed E-state index contributed by atoms with van der Waals surface area (Å²) in [4.78, 5) is 25.8. The topological polar surface area (TPSA) is 92.8 Å². The molecular formula is C21H23FN2O5S. The first-order chi connectivity index (χ1) is 14.4. The quantitative estimate of drug-likeness (QED) is 0.502. The highest BCUT2D eigenvalue weighted by molar-refractivity contribution is 7.89. The normalized spacial score (nSPS) is 15.6. The minimum Gasteiger partial charge on any atom is -0.378 e. The third-order valence-electron chi connectivity index (χ3n) is 4.90. The van der Waals surface area contributed by atoms with E-state index < -0.39 is 21.8 Å². The predicted molar refractivity (Wildman–Crippen MR) is 108 cm³/mol. The number of hydrogen-bond acceptors (Lipinski definition) is 5. The van der Waals surface area contributed by atoms with Crippen molar-refractivity contribution in [2.24, 2.45) is 0 Å². The molecule has 9 heteroatoms. The number of aldehydes is 1.